The third-order valence-electron chi connectivity index (χ3n) is 3.64. The molecule has 1 aliphatic heterocycles. The van der Waals surface area contributed by atoms with Gasteiger partial charge in [0.05, 0.1) is 11.1 Å². The minimum atomic E-state index is -3.63. The normalized spacial score (nSPS) is 16.5. The molecule has 1 aliphatic rings. The van der Waals surface area contributed by atoms with Gasteiger partial charge in [-0.05, 0) is 18.9 Å². The molecule has 1 saturated heterocycles. The van der Waals surface area contributed by atoms with Crippen LogP contribution in [0.15, 0.2) is 18.3 Å². The molecule has 130 valence electrons. The number of halogens is 1. The number of piperidine rings is 1. The summed E-state index contributed by atoms with van der Waals surface area (Å²) in [5, 5.41) is 8.96. The zero-order valence-electron chi connectivity index (χ0n) is 13.0. The van der Waals surface area contributed by atoms with Crippen molar-refractivity contribution < 1.29 is 17.9 Å². The van der Waals surface area contributed by atoms with Crippen LogP contribution in [-0.2, 0) is 14.8 Å². The van der Waals surface area contributed by atoms with Crippen molar-refractivity contribution in [2.75, 3.05) is 18.8 Å². The molecule has 0 spiro atoms. The molecular formula is C15H18ClN3O4S. The number of nitrogens with zero attached hydrogens (tertiary/aromatic N) is 3. The predicted octanol–water partition coefficient (Wildman–Crippen LogP) is 1.78. The number of hydrogen-bond acceptors (Lipinski definition) is 6. The maximum atomic E-state index is 12.2. The third-order valence-corrected chi connectivity index (χ3v) is 5.70. The van der Waals surface area contributed by atoms with E-state index < -0.39 is 21.6 Å². The lowest BCUT2D eigenvalue weighted by Crippen LogP contribution is -2.43. The van der Waals surface area contributed by atoms with Crippen molar-refractivity contribution in [3.05, 3.63) is 23.4 Å². The van der Waals surface area contributed by atoms with E-state index in [1.165, 1.54) is 10.5 Å². The molecule has 9 heteroatoms. The molecule has 0 unspecified atom stereocenters. The molecule has 2 rings (SSSR count). The van der Waals surface area contributed by atoms with Crippen molar-refractivity contribution in [3.8, 4) is 11.9 Å². The molecule has 0 aromatic carbocycles. The Hall–Kier alpha value is -1.69. The summed E-state index contributed by atoms with van der Waals surface area (Å²) in [6, 6.07) is 5.18. The molecule has 0 N–H and O–H groups in total. The van der Waals surface area contributed by atoms with E-state index in [-0.39, 0.29) is 18.9 Å². The molecule has 0 aliphatic carbocycles. The Labute approximate surface area is 146 Å². The van der Waals surface area contributed by atoms with E-state index in [0.717, 1.165) is 0 Å². The van der Waals surface area contributed by atoms with Crippen LogP contribution in [0.4, 0.5) is 0 Å². The van der Waals surface area contributed by atoms with Gasteiger partial charge in [0.2, 0.25) is 15.9 Å². The lowest BCUT2D eigenvalue weighted by Gasteiger charge is -2.31. The Bertz CT molecular complexity index is 707. The second-order valence-corrected chi connectivity index (χ2v) is 7.89. The number of carbonyl (C=O) groups excluding carboxylic acids is 1. The standard InChI is InChI=1S/C15H18ClN3O4S/c16-12-3-4-15(18-10-12)23-14-5-8-19(9-6-14)24(21,22)11-13(20)2-1-7-17/h3-4,10,14H,1-2,5-6,8-9,11H2. The van der Waals surface area contributed by atoms with Crippen LogP contribution in [0.2, 0.25) is 5.02 Å². The highest BCUT2D eigenvalue weighted by molar-refractivity contribution is 7.89. The second-order valence-electron chi connectivity index (χ2n) is 5.48. The Morgan fingerprint density at radius 2 is 2.12 bits per heavy atom. The zero-order valence-corrected chi connectivity index (χ0v) is 14.6. The number of hydrogen-bond donors (Lipinski definition) is 0. The van der Waals surface area contributed by atoms with E-state index in [4.69, 9.17) is 21.6 Å². The smallest absolute Gasteiger partial charge is 0.221 e. The first kappa shape index (κ1) is 18.6. The number of pyridine rings is 1. The second kappa shape index (κ2) is 8.42. The number of ketones is 1. The van der Waals surface area contributed by atoms with Gasteiger partial charge in [0, 0.05) is 38.2 Å². The molecule has 7 nitrogen and oxygen atoms in total. The SMILES string of the molecule is N#CCCC(=O)CS(=O)(=O)N1CCC(Oc2ccc(Cl)cn2)CC1. The van der Waals surface area contributed by atoms with Crippen molar-refractivity contribution in [1.82, 2.24) is 9.29 Å². The first-order valence-electron chi connectivity index (χ1n) is 7.55. The van der Waals surface area contributed by atoms with Gasteiger partial charge < -0.3 is 4.74 Å². The van der Waals surface area contributed by atoms with Gasteiger partial charge in [-0.3, -0.25) is 4.79 Å². The summed E-state index contributed by atoms with van der Waals surface area (Å²) in [5.74, 6) is -0.522. The highest BCUT2D eigenvalue weighted by atomic mass is 35.5. The van der Waals surface area contributed by atoms with E-state index in [0.29, 0.717) is 36.8 Å². The van der Waals surface area contributed by atoms with Crippen LogP contribution in [0.3, 0.4) is 0 Å². The van der Waals surface area contributed by atoms with Gasteiger partial charge in [0.25, 0.3) is 0 Å². The topological polar surface area (TPSA) is 100 Å². The molecular weight excluding hydrogens is 354 g/mol. The molecule has 0 amide bonds. The zero-order chi connectivity index (χ0) is 17.6. The first-order valence-corrected chi connectivity index (χ1v) is 9.54. The molecule has 1 fully saturated rings. The van der Waals surface area contributed by atoms with Gasteiger partial charge in [-0.2, -0.15) is 5.26 Å². The summed E-state index contributed by atoms with van der Waals surface area (Å²) in [4.78, 5) is 15.6. The summed E-state index contributed by atoms with van der Waals surface area (Å²) in [5.41, 5.74) is 0. The van der Waals surface area contributed by atoms with Crippen LogP contribution in [0.1, 0.15) is 25.7 Å². The summed E-state index contributed by atoms with van der Waals surface area (Å²) in [6.07, 6.45) is 2.42. The lowest BCUT2D eigenvalue weighted by atomic mass is 10.1. The fourth-order valence-electron chi connectivity index (χ4n) is 2.39. The van der Waals surface area contributed by atoms with Gasteiger partial charge in [0.1, 0.15) is 17.6 Å². The van der Waals surface area contributed by atoms with Crippen molar-refractivity contribution in [3.63, 3.8) is 0 Å². The van der Waals surface area contributed by atoms with Crippen molar-refractivity contribution in [2.24, 2.45) is 0 Å². The van der Waals surface area contributed by atoms with Gasteiger partial charge in [-0.15, -0.1) is 0 Å². The highest BCUT2D eigenvalue weighted by Gasteiger charge is 2.30. The molecule has 0 saturated carbocycles. The molecule has 1 aromatic rings. The Morgan fingerprint density at radius 1 is 1.42 bits per heavy atom. The van der Waals surface area contributed by atoms with Crippen LogP contribution < -0.4 is 4.74 Å². The minimum absolute atomic E-state index is 0.0302. The Morgan fingerprint density at radius 3 is 2.71 bits per heavy atom. The molecule has 0 atom stereocenters. The Kier molecular flexibility index (Phi) is 6.54. The molecule has 24 heavy (non-hydrogen) atoms. The fraction of sp³-hybridized carbons (Fsp3) is 0.533. The average molecular weight is 372 g/mol. The van der Waals surface area contributed by atoms with Crippen LogP contribution in [0.5, 0.6) is 5.88 Å². The average Bonchev–Trinajstić information content (AvgIpc) is 2.55. The highest BCUT2D eigenvalue weighted by Crippen LogP contribution is 2.20. The number of rotatable bonds is 7. The van der Waals surface area contributed by atoms with E-state index in [1.54, 1.807) is 12.1 Å². The van der Waals surface area contributed by atoms with Crippen molar-refractivity contribution in [2.45, 2.75) is 31.8 Å². The summed E-state index contributed by atoms with van der Waals surface area (Å²) in [6.45, 7) is 0.595. The third kappa shape index (κ3) is 5.44. The summed E-state index contributed by atoms with van der Waals surface area (Å²) < 4.78 is 31.5. The number of Topliss-reactive ketones (excluding diaryl/α,β-unsaturated/α-hetero) is 1. The monoisotopic (exact) mass is 371 g/mol. The first-order chi connectivity index (χ1) is 11.4. The fourth-order valence-corrected chi connectivity index (χ4v) is 4.01. The van der Waals surface area contributed by atoms with Crippen LogP contribution in [0.25, 0.3) is 0 Å². The molecule has 0 bridgehead atoms. The predicted molar refractivity (Wildman–Crippen MR) is 88.1 cm³/mol. The van der Waals surface area contributed by atoms with E-state index >= 15 is 0 Å². The molecule has 2 heterocycles. The van der Waals surface area contributed by atoms with Crippen molar-refractivity contribution >= 4 is 27.4 Å². The van der Waals surface area contributed by atoms with Crippen molar-refractivity contribution in [1.29, 1.82) is 5.26 Å². The van der Waals surface area contributed by atoms with Gasteiger partial charge in [-0.25, -0.2) is 17.7 Å². The van der Waals surface area contributed by atoms with E-state index in [9.17, 15) is 13.2 Å². The number of sulfonamides is 1. The van der Waals surface area contributed by atoms with Gasteiger partial charge in [-0.1, -0.05) is 11.6 Å². The Balaban J connectivity index is 1.84. The molecule has 0 radical (unpaired) electrons. The van der Waals surface area contributed by atoms with Gasteiger partial charge >= 0.3 is 0 Å². The number of aromatic nitrogens is 1. The van der Waals surface area contributed by atoms with Gasteiger partial charge in [0.15, 0.2) is 0 Å². The van der Waals surface area contributed by atoms with Crippen LogP contribution in [0, 0.1) is 11.3 Å². The summed E-state index contributed by atoms with van der Waals surface area (Å²) in [7, 11) is -3.63. The maximum Gasteiger partial charge on any atom is 0.221 e. The quantitative estimate of drug-likeness (QED) is 0.724. The van der Waals surface area contributed by atoms with E-state index in [1.807, 2.05) is 6.07 Å². The number of carbonyl (C=O) groups is 1. The van der Waals surface area contributed by atoms with E-state index in [2.05, 4.69) is 4.98 Å². The minimum Gasteiger partial charge on any atom is -0.474 e. The maximum absolute atomic E-state index is 12.2. The number of ether oxygens (including phenoxy) is 1. The lowest BCUT2D eigenvalue weighted by molar-refractivity contribution is -0.116. The molecule has 1 aromatic heterocycles. The summed E-state index contributed by atoms with van der Waals surface area (Å²) >= 11 is 5.76. The van der Waals surface area contributed by atoms with Crippen LogP contribution >= 0.6 is 11.6 Å². The largest absolute Gasteiger partial charge is 0.474 e. The number of nitriles is 1. The van der Waals surface area contributed by atoms with Crippen LogP contribution in [-0.4, -0.2) is 48.4 Å².